The smallest absolute Gasteiger partial charge is 0.407 e. The molecule has 50 heavy (non-hydrogen) atoms. The van der Waals surface area contributed by atoms with Gasteiger partial charge in [-0.3, -0.25) is 19.2 Å². The maximum absolute atomic E-state index is 13.6. The van der Waals surface area contributed by atoms with E-state index in [0.717, 1.165) is 0 Å². The Hall–Kier alpha value is -4.46. The van der Waals surface area contributed by atoms with Crippen molar-refractivity contribution in [1.29, 1.82) is 0 Å². The summed E-state index contributed by atoms with van der Waals surface area (Å²) in [6.45, 7) is 8.88. The first-order chi connectivity index (χ1) is 23.7. The average Bonchev–Trinajstić information content (AvgIpc) is 3.56. The molecule has 1 fully saturated rings. The summed E-state index contributed by atoms with van der Waals surface area (Å²) < 4.78 is 10.7. The molecule has 5 amide bonds. The van der Waals surface area contributed by atoms with E-state index < -0.39 is 78.1 Å². The quantitative estimate of drug-likeness (QED) is 0.180. The Bertz CT molecular complexity index is 1360. The van der Waals surface area contributed by atoms with E-state index in [1.54, 1.807) is 51.1 Å². The number of nitrogens with one attached hydrogen (secondary N) is 4. The zero-order valence-electron chi connectivity index (χ0n) is 29.7. The zero-order chi connectivity index (χ0) is 36.8. The molecule has 2 aliphatic rings. The predicted molar refractivity (Wildman–Crippen MR) is 184 cm³/mol. The van der Waals surface area contributed by atoms with Crippen LogP contribution in [-0.4, -0.2) is 95.2 Å². The number of nitrogens with zero attached hydrogens (tertiary/aromatic N) is 1. The van der Waals surface area contributed by atoms with Crippen LogP contribution in [0.5, 0.6) is 0 Å². The fraction of sp³-hybridized carbons (Fsp3) is 0.611. The molecule has 0 radical (unpaired) electrons. The van der Waals surface area contributed by atoms with Crippen LogP contribution in [0.4, 0.5) is 4.79 Å². The number of carbonyl (C=O) groups is 6. The molecular weight excluding hydrogens is 646 g/mol. The van der Waals surface area contributed by atoms with Crippen LogP contribution in [0.2, 0.25) is 0 Å². The summed E-state index contributed by atoms with van der Waals surface area (Å²) in [5, 5.41) is 21.5. The number of aliphatic hydroxyl groups excluding tert-OH is 1. The first-order valence-corrected chi connectivity index (χ1v) is 17.4. The van der Waals surface area contributed by atoms with Gasteiger partial charge in [-0.15, -0.1) is 0 Å². The number of aliphatic hydroxyl groups is 1. The first kappa shape index (κ1) is 40.0. The maximum Gasteiger partial charge on any atom is 0.407 e. The number of benzene rings is 1. The molecule has 0 aliphatic carbocycles. The highest BCUT2D eigenvalue weighted by Gasteiger charge is 2.39. The van der Waals surface area contributed by atoms with Crippen LogP contribution < -0.4 is 21.3 Å². The fourth-order valence-electron chi connectivity index (χ4n) is 5.68. The van der Waals surface area contributed by atoms with Gasteiger partial charge < -0.3 is 40.7 Å². The highest BCUT2D eigenvalue weighted by atomic mass is 16.6. The number of hydrogen-bond donors (Lipinski definition) is 5. The molecule has 1 saturated heterocycles. The second kappa shape index (κ2) is 19.1. The van der Waals surface area contributed by atoms with Crippen LogP contribution in [0.25, 0.3) is 0 Å². The monoisotopic (exact) mass is 699 g/mol. The largest absolute Gasteiger partial charge is 0.458 e. The van der Waals surface area contributed by atoms with E-state index in [9.17, 15) is 33.9 Å². The molecule has 1 aromatic rings. The number of fused-ring (bicyclic) bond motifs is 1. The Labute approximate surface area is 294 Å². The second-order valence-electron chi connectivity index (χ2n) is 14.1. The van der Waals surface area contributed by atoms with Crippen molar-refractivity contribution in [3.05, 3.63) is 48.0 Å². The van der Waals surface area contributed by atoms with Crippen LogP contribution >= 0.6 is 0 Å². The summed E-state index contributed by atoms with van der Waals surface area (Å²) in [5.41, 5.74) is -0.312. The van der Waals surface area contributed by atoms with Crippen LogP contribution in [0, 0.1) is 5.92 Å². The van der Waals surface area contributed by atoms with Gasteiger partial charge in [0, 0.05) is 6.54 Å². The molecule has 2 heterocycles. The molecule has 14 heteroatoms. The van der Waals surface area contributed by atoms with E-state index in [2.05, 4.69) is 21.3 Å². The third kappa shape index (κ3) is 12.8. The van der Waals surface area contributed by atoms with Gasteiger partial charge in [0.2, 0.25) is 17.7 Å². The van der Waals surface area contributed by atoms with Gasteiger partial charge in [0.1, 0.15) is 17.7 Å². The van der Waals surface area contributed by atoms with Gasteiger partial charge in [-0.05, 0) is 77.2 Å². The van der Waals surface area contributed by atoms with Gasteiger partial charge in [0.05, 0.1) is 19.2 Å². The molecule has 1 aromatic carbocycles. The SMILES string of the molecule is CC(C)COC(=O)N[C@H]1CC/C=C\CCC[C@@H](C(O)C(=O)NCC(=O)N[C@H](C(=O)OC(C)(C)C)c2ccccc2)NC(=O)[C@@H]2CCCN2C1=O. The number of hydrogen-bond acceptors (Lipinski definition) is 9. The number of amides is 5. The first-order valence-electron chi connectivity index (χ1n) is 17.4. The molecule has 5 N–H and O–H groups in total. The molecule has 276 valence electrons. The van der Waals surface area contributed by atoms with Gasteiger partial charge in [0.15, 0.2) is 12.1 Å². The van der Waals surface area contributed by atoms with Crippen molar-refractivity contribution in [2.24, 2.45) is 5.92 Å². The minimum absolute atomic E-state index is 0.119. The van der Waals surface area contributed by atoms with Crippen molar-refractivity contribution in [1.82, 2.24) is 26.2 Å². The normalized spacial score (nSPS) is 22.2. The van der Waals surface area contributed by atoms with Gasteiger partial charge in [-0.1, -0.05) is 56.3 Å². The molecule has 14 nitrogen and oxygen atoms in total. The van der Waals surface area contributed by atoms with Crippen molar-refractivity contribution in [2.75, 3.05) is 19.7 Å². The second-order valence-corrected chi connectivity index (χ2v) is 14.1. The fourth-order valence-corrected chi connectivity index (χ4v) is 5.68. The number of ether oxygens (including phenoxy) is 2. The van der Waals surface area contributed by atoms with E-state index in [0.29, 0.717) is 50.6 Å². The molecule has 1 unspecified atom stereocenters. The molecule has 2 aliphatic heterocycles. The van der Waals surface area contributed by atoms with E-state index >= 15 is 0 Å². The summed E-state index contributed by atoms with van der Waals surface area (Å²) in [4.78, 5) is 80.0. The summed E-state index contributed by atoms with van der Waals surface area (Å²) >= 11 is 0. The molecule has 0 spiro atoms. The van der Waals surface area contributed by atoms with Crippen LogP contribution in [0.1, 0.15) is 91.2 Å². The molecule has 5 atom stereocenters. The van der Waals surface area contributed by atoms with Gasteiger partial charge in [-0.2, -0.15) is 0 Å². The standard InChI is InChI=1S/C36H53N5O9/c1-23(2)22-49-35(48)39-26-18-13-8-6-7-12-17-25(38-31(44)27-19-14-20-41(27)33(26)46)30(43)32(45)37-21-28(42)40-29(24-15-10-9-11-16-24)34(47)50-36(3,4)5/h6,8-11,15-16,23,25-27,29-30,43H,7,12-14,17-22H2,1-5H3,(H,37,45)(H,38,44)(H,39,48)(H,40,42)/b8-6-/t25-,26-,27-,29-,30?/m0/s1. The van der Waals surface area contributed by atoms with Crippen molar-refractivity contribution in [2.45, 2.75) is 115 Å². The minimum atomic E-state index is -1.71. The lowest BCUT2D eigenvalue weighted by Crippen LogP contribution is -2.57. The highest BCUT2D eigenvalue weighted by Crippen LogP contribution is 2.22. The van der Waals surface area contributed by atoms with Gasteiger partial charge in [0.25, 0.3) is 5.91 Å². The summed E-state index contributed by atoms with van der Waals surface area (Å²) in [6.07, 6.45) is 4.51. The van der Waals surface area contributed by atoms with Crippen molar-refractivity contribution in [3.8, 4) is 0 Å². The Morgan fingerprint density at radius 2 is 1.70 bits per heavy atom. The molecular formula is C36H53N5O9. The third-order valence-corrected chi connectivity index (χ3v) is 8.13. The molecule has 0 bridgehead atoms. The van der Waals surface area contributed by atoms with E-state index in [4.69, 9.17) is 9.47 Å². The van der Waals surface area contributed by atoms with Crippen molar-refractivity contribution >= 4 is 35.7 Å². The zero-order valence-corrected chi connectivity index (χ0v) is 29.7. The van der Waals surface area contributed by atoms with Crippen LogP contribution in [0.3, 0.4) is 0 Å². The summed E-state index contributed by atoms with van der Waals surface area (Å²) in [6, 6.07) is 4.63. The highest BCUT2D eigenvalue weighted by molar-refractivity contribution is 5.93. The Balaban J connectivity index is 1.67. The molecule has 0 saturated carbocycles. The average molecular weight is 700 g/mol. The number of carbonyl (C=O) groups excluding carboxylic acids is 6. The van der Waals surface area contributed by atoms with Gasteiger partial charge in [-0.25, -0.2) is 9.59 Å². The Morgan fingerprint density at radius 3 is 2.38 bits per heavy atom. The Morgan fingerprint density at radius 1 is 1.00 bits per heavy atom. The number of rotatable bonds is 10. The number of alkyl carbamates (subject to hydrolysis) is 1. The minimum Gasteiger partial charge on any atom is -0.458 e. The predicted octanol–water partition coefficient (Wildman–Crippen LogP) is 2.41. The summed E-state index contributed by atoms with van der Waals surface area (Å²) in [7, 11) is 0. The van der Waals surface area contributed by atoms with E-state index in [1.807, 2.05) is 26.0 Å². The number of allylic oxidation sites excluding steroid dienone is 2. The Kier molecular flexibility index (Phi) is 15.2. The maximum atomic E-state index is 13.6. The van der Waals surface area contributed by atoms with Crippen molar-refractivity contribution in [3.63, 3.8) is 0 Å². The molecule has 3 rings (SSSR count). The lowest BCUT2D eigenvalue weighted by atomic mass is 10.0. The van der Waals surface area contributed by atoms with Gasteiger partial charge >= 0.3 is 12.1 Å². The lowest BCUT2D eigenvalue weighted by molar-refractivity contribution is -0.158. The molecule has 0 aromatic heterocycles. The van der Waals surface area contributed by atoms with E-state index in [1.165, 1.54) is 4.90 Å². The van der Waals surface area contributed by atoms with Crippen LogP contribution in [-0.2, 0) is 33.4 Å². The summed E-state index contributed by atoms with van der Waals surface area (Å²) in [5.74, 6) is -3.07. The number of esters is 1. The van der Waals surface area contributed by atoms with Crippen LogP contribution in [0.15, 0.2) is 42.5 Å². The lowest BCUT2D eigenvalue weighted by Gasteiger charge is -2.31. The van der Waals surface area contributed by atoms with Crippen molar-refractivity contribution < 1.29 is 43.3 Å². The van der Waals surface area contributed by atoms with E-state index in [-0.39, 0.29) is 18.9 Å². The topological polar surface area (TPSA) is 192 Å². The third-order valence-electron chi connectivity index (χ3n) is 8.13.